The molecule has 8 heteroatoms. The second-order valence-electron chi connectivity index (χ2n) is 7.38. The highest BCUT2D eigenvalue weighted by molar-refractivity contribution is 5.96. The van der Waals surface area contributed by atoms with Crippen molar-refractivity contribution in [3.63, 3.8) is 0 Å². The van der Waals surface area contributed by atoms with E-state index < -0.39 is 11.5 Å². The minimum absolute atomic E-state index is 0.168. The molecule has 0 saturated carbocycles. The van der Waals surface area contributed by atoms with Gasteiger partial charge in [0, 0.05) is 18.4 Å². The standard InChI is InChI=1S/C16H28N6O2/c1-10(18-14(24)16(2,3)4)13(23)20-15-19-12(21-22(15)5)11-6-8-17-9-7-11/h10-11,17H,6-9H2,1-5H3,(H,18,24)(H,19,20,21,23). The van der Waals surface area contributed by atoms with Crippen LogP contribution in [-0.2, 0) is 16.6 Å². The van der Waals surface area contributed by atoms with Crippen molar-refractivity contribution in [1.82, 2.24) is 25.4 Å². The molecule has 24 heavy (non-hydrogen) atoms. The number of hydrogen-bond donors (Lipinski definition) is 3. The van der Waals surface area contributed by atoms with Gasteiger partial charge < -0.3 is 10.6 Å². The molecule has 1 saturated heterocycles. The molecular weight excluding hydrogens is 308 g/mol. The highest BCUT2D eigenvalue weighted by atomic mass is 16.2. The number of piperidine rings is 1. The van der Waals surface area contributed by atoms with Crippen LogP contribution in [0, 0.1) is 5.41 Å². The molecule has 1 unspecified atom stereocenters. The molecular formula is C16H28N6O2. The molecule has 8 nitrogen and oxygen atoms in total. The highest BCUT2D eigenvalue weighted by Crippen LogP contribution is 2.23. The number of nitrogens with one attached hydrogen (secondary N) is 3. The minimum Gasteiger partial charge on any atom is -0.344 e. The van der Waals surface area contributed by atoms with Crippen LogP contribution in [0.1, 0.15) is 52.3 Å². The van der Waals surface area contributed by atoms with Gasteiger partial charge in [-0.1, -0.05) is 20.8 Å². The predicted octanol–water partition coefficient (Wildman–Crippen LogP) is 0.771. The summed E-state index contributed by atoms with van der Waals surface area (Å²) in [5.41, 5.74) is -0.540. The van der Waals surface area contributed by atoms with E-state index in [1.165, 1.54) is 0 Å². The van der Waals surface area contributed by atoms with Crippen LogP contribution in [0.5, 0.6) is 0 Å². The third-order valence-electron chi connectivity index (χ3n) is 4.14. The van der Waals surface area contributed by atoms with Gasteiger partial charge in [0.05, 0.1) is 0 Å². The van der Waals surface area contributed by atoms with Crippen molar-refractivity contribution in [3.8, 4) is 0 Å². The van der Waals surface area contributed by atoms with Crippen molar-refractivity contribution in [3.05, 3.63) is 5.82 Å². The number of carbonyl (C=O) groups is 2. The van der Waals surface area contributed by atoms with E-state index in [0.717, 1.165) is 31.8 Å². The van der Waals surface area contributed by atoms with Crippen LogP contribution in [-0.4, -0.2) is 45.7 Å². The zero-order chi connectivity index (χ0) is 17.9. The Labute approximate surface area is 142 Å². The van der Waals surface area contributed by atoms with E-state index in [1.54, 1.807) is 39.4 Å². The van der Waals surface area contributed by atoms with Crippen molar-refractivity contribution in [2.75, 3.05) is 18.4 Å². The Bertz CT molecular complexity index is 598. The van der Waals surface area contributed by atoms with E-state index >= 15 is 0 Å². The molecule has 1 aliphatic heterocycles. The van der Waals surface area contributed by atoms with Crippen molar-refractivity contribution >= 4 is 17.8 Å². The fourth-order valence-corrected chi connectivity index (χ4v) is 2.46. The van der Waals surface area contributed by atoms with Crippen LogP contribution >= 0.6 is 0 Å². The van der Waals surface area contributed by atoms with Crippen LogP contribution in [0.4, 0.5) is 5.95 Å². The molecule has 1 aromatic rings. The number of nitrogens with zero attached hydrogens (tertiary/aromatic N) is 3. The number of rotatable bonds is 4. The van der Waals surface area contributed by atoms with Crippen LogP contribution in [0.3, 0.4) is 0 Å². The summed E-state index contributed by atoms with van der Waals surface area (Å²) in [6, 6.07) is -0.643. The quantitative estimate of drug-likeness (QED) is 0.754. The average Bonchev–Trinajstić information content (AvgIpc) is 2.88. The second kappa shape index (κ2) is 7.29. The number of amides is 2. The lowest BCUT2D eigenvalue weighted by molar-refractivity contribution is -0.131. The number of aryl methyl sites for hydroxylation is 1. The van der Waals surface area contributed by atoms with Gasteiger partial charge in [-0.05, 0) is 32.9 Å². The van der Waals surface area contributed by atoms with Crippen molar-refractivity contribution < 1.29 is 9.59 Å². The molecule has 0 aliphatic carbocycles. The van der Waals surface area contributed by atoms with E-state index in [0.29, 0.717) is 11.9 Å². The Kier molecular flexibility index (Phi) is 5.58. The van der Waals surface area contributed by atoms with Crippen LogP contribution in [0.25, 0.3) is 0 Å². The second-order valence-corrected chi connectivity index (χ2v) is 7.38. The monoisotopic (exact) mass is 336 g/mol. The smallest absolute Gasteiger partial charge is 0.249 e. The van der Waals surface area contributed by atoms with E-state index in [2.05, 4.69) is 26.0 Å². The Morgan fingerprint density at radius 1 is 1.29 bits per heavy atom. The first kappa shape index (κ1) is 18.4. The van der Waals surface area contributed by atoms with Crippen molar-refractivity contribution in [2.24, 2.45) is 12.5 Å². The molecule has 0 aromatic carbocycles. The largest absolute Gasteiger partial charge is 0.344 e. The summed E-state index contributed by atoms with van der Waals surface area (Å²) in [5, 5.41) is 13.2. The summed E-state index contributed by atoms with van der Waals surface area (Å²) in [4.78, 5) is 28.7. The Hall–Kier alpha value is -1.96. The molecule has 2 amide bonds. The molecule has 1 aliphatic rings. The first-order chi connectivity index (χ1) is 11.2. The maximum Gasteiger partial charge on any atom is 0.249 e. The molecule has 2 heterocycles. The lowest BCUT2D eigenvalue weighted by atomic mass is 9.95. The molecule has 0 spiro atoms. The van der Waals surface area contributed by atoms with Gasteiger partial charge in [-0.15, -0.1) is 0 Å². The number of carbonyl (C=O) groups excluding carboxylic acids is 2. The topological polar surface area (TPSA) is 101 Å². The molecule has 2 rings (SSSR count). The number of aromatic nitrogens is 3. The number of hydrogen-bond acceptors (Lipinski definition) is 5. The van der Waals surface area contributed by atoms with Gasteiger partial charge in [0.15, 0.2) is 5.82 Å². The first-order valence-electron chi connectivity index (χ1n) is 8.42. The zero-order valence-electron chi connectivity index (χ0n) is 15.1. The first-order valence-corrected chi connectivity index (χ1v) is 8.42. The van der Waals surface area contributed by atoms with Gasteiger partial charge in [-0.2, -0.15) is 10.1 Å². The maximum absolute atomic E-state index is 12.3. The molecule has 134 valence electrons. The SMILES string of the molecule is CC(NC(=O)C(C)(C)C)C(=O)Nc1nc(C2CCNCC2)nn1C. The van der Waals surface area contributed by atoms with E-state index in [1.807, 2.05) is 0 Å². The Morgan fingerprint density at radius 2 is 1.92 bits per heavy atom. The third kappa shape index (κ3) is 4.53. The molecule has 1 atom stereocenters. The summed E-state index contributed by atoms with van der Waals surface area (Å²) in [7, 11) is 1.76. The maximum atomic E-state index is 12.3. The lowest BCUT2D eigenvalue weighted by Gasteiger charge is -2.21. The molecule has 1 fully saturated rings. The van der Waals surface area contributed by atoms with Crippen molar-refractivity contribution in [1.29, 1.82) is 0 Å². The van der Waals surface area contributed by atoms with Gasteiger partial charge in [0.25, 0.3) is 0 Å². The summed E-state index contributed by atoms with van der Waals surface area (Å²) >= 11 is 0. The van der Waals surface area contributed by atoms with Crippen molar-refractivity contribution in [2.45, 2.75) is 52.5 Å². The van der Waals surface area contributed by atoms with Gasteiger partial charge >= 0.3 is 0 Å². The summed E-state index contributed by atoms with van der Waals surface area (Å²) in [6.07, 6.45) is 1.99. The van der Waals surface area contributed by atoms with Gasteiger partial charge in [0.2, 0.25) is 17.8 Å². The van der Waals surface area contributed by atoms with Gasteiger partial charge in [-0.25, -0.2) is 4.68 Å². The Balaban J connectivity index is 1.98. The summed E-state index contributed by atoms with van der Waals surface area (Å²) < 4.78 is 1.58. The molecule has 0 radical (unpaired) electrons. The predicted molar refractivity (Wildman–Crippen MR) is 91.5 cm³/mol. The molecule has 3 N–H and O–H groups in total. The molecule has 0 bridgehead atoms. The van der Waals surface area contributed by atoms with E-state index in [-0.39, 0.29) is 11.8 Å². The fraction of sp³-hybridized carbons (Fsp3) is 0.750. The lowest BCUT2D eigenvalue weighted by Crippen LogP contribution is -2.46. The zero-order valence-corrected chi connectivity index (χ0v) is 15.1. The number of anilines is 1. The van der Waals surface area contributed by atoms with E-state index in [9.17, 15) is 9.59 Å². The Morgan fingerprint density at radius 3 is 2.50 bits per heavy atom. The summed E-state index contributed by atoms with van der Waals surface area (Å²) in [6.45, 7) is 8.99. The molecule has 1 aromatic heterocycles. The van der Waals surface area contributed by atoms with Crippen LogP contribution < -0.4 is 16.0 Å². The summed E-state index contributed by atoms with van der Waals surface area (Å²) in [5.74, 6) is 1.02. The average molecular weight is 336 g/mol. The third-order valence-corrected chi connectivity index (χ3v) is 4.14. The minimum atomic E-state index is -0.643. The fourth-order valence-electron chi connectivity index (χ4n) is 2.46. The van der Waals surface area contributed by atoms with Crippen LogP contribution in [0.15, 0.2) is 0 Å². The van der Waals surface area contributed by atoms with Gasteiger partial charge in [0.1, 0.15) is 6.04 Å². The van der Waals surface area contributed by atoms with Gasteiger partial charge in [-0.3, -0.25) is 14.9 Å². The van der Waals surface area contributed by atoms with Crippen LogP contribution in [0.2, 0.25) is 0 Å². The van der Waals surface area contributed by atoms with E-state index in [4.69, 9.17) is 0 Å². The normalized spacial score (nSPS) is 17.4. The highest BCUT2D eigenvalue weighted by Gasteiger charge is 2.26.